The molecule has 0 radical (unpaired) electrons. The van der Waals surface area contributed by atoms with Gasteiger partial charge < -0.3 is 15.2 Å². The van der Waals surface area contributed by atoms with Gasteiger partial charge in [-0.3, -0.25) is 4.79 Å². The molecule has 0 saturated carbocycles. The molecule has 0 bridgehead atoms. The average molecular weight is 314 g/mol. The fraction of sp³-hybridized carbons (Fsp3) is 0.462. The highest BCUT2D eigenvalue weighted by molar-refractivity contribution is 9.10. The van der Waals surface area contributed by atoms with Gasteiger partial charge in [0.25, 0.3) is 5.91 Å². The van der Waals surface area contributed by atoms with Gasteiger partial charge in [-0.05, 0) is 31.5 Å². The molecule has 0 saturated heterocycles. The first-order valence-corrected chi connectivity index (χ1v) is 6.62. The number of ether oxygens (including phenoxy) is 1. The van der Waals surface area contributed by atoms with Crippen molar-refractivity contribution in [3.8, 4) is 5.75 Å². The van der Waals surface area contributed by atoms with Crippen LogP contribution in [0, 0.1) is 0 Å². The lowest BCUT2D eigenvalue weighted by atomic mass is 10.1. The molecule has 0 spiro atoms. The molecule has 1 amide bonds. The number of carbonyl (C=O) groups is 1. The molecule has 1 aromatic carbocycles. The predicted octanol–water partition coefficient (Wildman–Crippen LogP) is 1.77. The maximum absolute atomic E-state index is 11.6. The molecular weight excluding hydrogens is 298 g/mol. The lowest BCUT2D eigenvalue weighted by Gasteiger charge is -2.17. The van der Waals surface area contributed by atoms with Crippen LogP contribution < -0.4 is 10.1 Å². The summed E-state index contributed by atoms with van der Waals surface area (Å²) in [5, 5.41) is 12.3. The Labute approximate surface area is 114 Å². The Hall–Kier alpha value is -1.07. The minimum absolute atomic E-state index is 0.352. The molecule has 5 heteroatoms. The van der Waals surface area contributed by atoms with Gasteiger partial charge in [-0.2, -0.15) is 0 Å². The monoisotopic (exact) mass is 313 g/mol. The molecular formula is C13H16BrNO3. The van der Waals surface area contributed by atoms with Crippen LogP contribution in [0.3, 0.4) is 0 Å². The third-order valence-corrected chi connectivity index (χ3v) is 3.28. The van der Waals surface area contributed by atoms with Gasteiger partial charge in [0.2, 0.25) is 0 Å². The highest BCUT2D eigenvalue weighted by Crippen LogP contribution is 2.32. The molecule has 0 fully saturated rings. The van der Waals surface area contributed by atoms with Gasteiger partial charge in [0.15, 0.2) is 0 Å². The summed E-state index contributed by atoms with van der Waals surface area (Å²) in [5.74, 6) is 0.462. The van der Waals surface area contributed by atoms with Crippen LogP contribution in [0.2, 0.25) is 0 Å². The van der Waals surface area contributed by atoms with E-state index in [0.29, 0.717) is 13.2 Å². The van der Waals surface area contributed by atoms with Gasteiger partial charge >= 0.3 is 0 Å². The normalized spacial score (nSPS) is 14.0. The Morgan fingerprint density at radius 1 is 1.56 bits per heavy atom. The Balaban J connectivity index is 2.13. The number of amides is 1. The van der Waals surface area contributed by atoms with Gasteiger partial charge in [-0.15, -0.1) is 0 Å². The highest BCUT2D eigenvalue weighted by Gasteiger charge is 2.24. The van der Waals surface area contributed by atoms with Crippen molar-refractivity contribution in [1.29, 1.82) is 0 Å². The summed E-state index contributed by atoms with van der Waals surface area (Å²) in [6.07, 6.45) is 0.890. The fourth-order valence-corrected chi connectivity index (χ4v) is 2.42. The van der Waals surface area contributed by atoms with E-state index < -0.39 is 11.5 Å². The number of nitrogens with one attached hydrogen (secondary N) is 1. The molecule has 1 heterocycles. The second-order valence-electron chi connectivity index (χ2n) is 4.89. The molecule has 0 unspecified atom stereocenters. The summed E-state index contributed by atoms with van der Waals surface area (Å²) < 4.78 is 6.54. The predicted molar refractivity (Wildman–Crippen MR) is 71.5 cm³/mol. The van der Waals surface area contributed by atoms with Crippen LogP contribution in [0.15, 0.2) is 16.6 Å². The third-order valence-electron chi connectivity index (χ3n) is 2.82. The van der Waals surface area contributed by atoms with Crippen molar-refractivity contribution in [2.45, 2.75) is 32.4 Å². The van der Waals surface area contributed by atoms with Gasteiger partial charge in [0.1, 0.15) is 11.4 Å². The minimum Gasteiger partial charge on any atom is -0.493 e. The van der Waals surface area contributed by atoms with Gasteiger partial charge in [0.05, 0.1) is 6.61 Å². The molecule has 1 aromatic rings. The number of fused-ring (bicyclic) bond motifs is 1. The summed E-state index contributed by atoms with van der Waals surface area (Å²) in [7, 11) is 0. The highest BCUT2D eigenvalue weighted by atomic mass is 79.9. The molecule has 0 aromatic heterocycles. The lowest BCUT2D eigenvalue weighted by molar-refractivity contribution is -0.136. The van der Waals surface area contributed by atoms with E-state index in [9.17, 15) is 9.90 Å². The number of benzene rings is 1. The molecule has 18 heavy (non-hydrogen) atoms. The Morgan fingerprint density at radius 2 is 2.28 bits per heavy atom. The van der Waals surface area contributed by atoms with Crippen molar-refractivity contribution in [2.75, 3.05) is 6.61 Å². The van der Waals surface area contributed by atoms with Crippen molar-refractivity contribution in [3.05, 3.63) is 27.7 Å². The Kier molecular flexibility index (Phi) is 3.64. The third kappa shape index (κ3) is 2.84. The molecule has 0 atom stereocenters. The van der Waals surface area contributed by atoms with Crippen LogP contribution in [0.1, 0.15) is 25.0 Å². The smallest absolute Gasteiger partial charge is 0.251 e. The summed E-state index contributed by atoms with van der Waals surface area (Å²) in [6.45, 7) is 3.96. The van der Waals surface area contributed by atoms with Crippen LogP contribution in [0.5, 0.6) is 5.75 Å². The molecule has 0 aliphatic carbocycles. The van der Waals surface area contributed by atoms with Crippen LogP contribution in [-0.4, -0.2) is 23.2 Å². The standard InChI is InChI=1S/C13H16BrNO3/c1-13(2,17)12(16)15-7-9-6-10(14)5-8-3-4-18-11(8)9/h5-6,17H,3-4,7H2,1-2H3,(H,15,16). The van der Waals surface area contributed by atoms with E-state index in [2.05, 4.69) is 21.2 Å². The summed E-state index contributed by atoms with van der Waals surface area (Å²) in [5.41, 5.74) is 0.710. The van der Waals surface area contributed by atoms with E-state index in [0.717, 1.165) is 27.8 Å². The van der Waals surface area contributed by atoms with Gasteiger partial charge in [0, 0.05) is 23.0 Å². The Morgan fingerprint density at radius 3 is 2.94 bits per heavy atom. The van der Waals surface area contributed by atoms with Crippen LogP contribution in [-0.2, 0) is 17.8 Å². The largest absolute Gasteiger partial charge is 0.493 e. The molecule has 2 N–H and O–H groups in total. The topological polar surface area (TPSA) is 58.6 Å². The fourth-order valence-electron chi connectivity index (χ4n) is 1.87. The first kappa shape index (κ1) is 13.4. The SMILES string of the molecule is CC(C)(O)C(=O)NCc1cc(Br)cc2c1OCC2. The summed E-state index contributed by atoms with van der Waals surface area (Å²) >= 11 is 3.44. The molecule has 1 aliphatic heterocycles. The van der Waals surface area contributed by atoms with E-state index in [-0.39, 0.29) is 0 Å². The number of aliphatic hydroxyl groups is 1. The van der Waals surface area contributed by atoms with E-state index >= 15 is 0 Å². The van der Waals surface area contributed by atoms with Crippen molar-refractivity contribution in [2.24, 2.45) is 0 Å². The van der Waals surface area contributed by atoms with Crippen molar-refractivity contribution >= 4 is 21.8 Å². The first-order valence-electron chi connectivity index (χ1n) is 5.82. The number of carbonyl (C=O) groups excluding carboxylic acids is 1. The zero-order valence-electron chi connectivity index (χ0n) is 10.4. The van der Waals surface area contributed by atoms with Gasteiger partial charge in [-0.1, -0.05) is 15.9 Å². The summed E-state index contributed by atoms with van der Waals surface area (Å²) in [6, 6.07) is 3.96. The number of halogens is 1. The zero-order valence-corrected chi connectivity index (χ0v) is 12.0. The number of hydrogen-bond donors (Lipinski definition) is 2. The Bertz CT molecular complexity index is 480. The van der Waals surface area contributed by atoms with Crippen molar-refractivity contribution in [3.63, 3.8) is 0 Å². The van der Waals surface area contributed by atoms with Gasteiger partial charge in [-0.25, -0.2) is 0 Å². The van der Waals surface area contributed by atoms with Crippen LogP contribution >= 0.6 is 15.9 Å². The van der Waals surface area contributed by atoms with Crippen LogP contribution in [0.4, 0.5) is 0 Å². The van der Waals surface area contributed by atoms with E-state index in [1.807, 2.05) is 12.1 Å². The van der Waals surface area contributed by atoms with E-state index in [4.69, 9.17) is 4.74 Å². The average Bonchev–Trinajstić information content (AvgIpc) is 2.71. The number of rotatable bonds is 3. The molecule has 1 aliphatic rings. The van der Waals surface area contributed by atoms with E-state index in [1.165, 1.54) is 13.8 Å². The number of hydrogen-bond acceptors (Lipinski definition) is 3. The first-order chi connectivity index (χ1) is 8.38. The molecule has 2 rings (SSSR count). The van der Waals surface area contributed by atoms with Crippen LogP contribution in [0.25, 0.3) is 0 Å². The zero-order chi connectivity index (χ0) is 13.3. The molecule has 98 valence electrons. The van der Waals surface area contributed by atoms with Crippen molar-refractivity contribution < 1.29 is 14.6 Å². The summed E-state index contributed by atoms with van der Waals surface area (Å²) in [4.78, 5) is 11.6. The minimum atomic E-state index is -1.37. The molecule has 4 nitrogen and oxygen atoms in total. The lowest BCUT2D eigenvalue weighted by Crippen LogP contribution is -2.41. The quantitative estimate of drug-likeness (QED) is 0.894. The second kappa shape index (κ2) is 4.90. The maximum atomic E-state index is 11.6. The second-order valence-corrected chi connectivity index (χ2v) is 5.81. The maximum Gasteiger partial charge on any atom is 0.251 e. The van der Waals surface area contributed by atoms with E-state index in [1.54, 1.807) is 0 Å². The van der Waals surface area contributed by atoms with Crippen molar-refractivity contribution in [1.82, 2.24) is 5.32 Å².